The second-order valence-corrected chi connectivity index (χ2v) is 6.31. The minimum atomic E-state index is 0. The van der Waals surface area contributed by atoms with E-state index < -0.39 is 0 Å². The molecule has 1 amide bonds. The van der Waals surface area contributed by atoms with Gasteiger partial charge in [0.15, 0.2) is 5.96 Å². The molecule has 27 heavy (non-hydrogen) atoms. The minimum Gasteiger partial charge on any atom is -0.357 e. The summed E-state index contributed by atoms with van der Waals surface area (Å²) in [6.45, 7) is 4.91. The Morgan fingerprint density at radius 2 is 2.00 bits per heavy atom. The van der Waals surface area contributed by atoms with Crippen LogP contribution in [0.15, 0.2) is 41.5 Å². The fraction of sp³-hybridized carbons (Fsp3) is 0.421. The molecular weight excluding hydrogens is 455 g/mol. The van der Waals surface area contributed by atoms with Crippen LogP contribution >= 0.6 is 24.0 Å². The van der Waals surface area contributed by atoms with Gasteiger partial charge in [-0.3, -0.25) is 9.48 Å². The van der Waals surface area contributed by atoms with Crippen LogP contribution in [0.1, 0.15) is 31.0 Å². The molecule has 1 aromatic heterocycles. The number of aryl methyl sites for hydroxylation is 1. The molecule has 2 N–H and O–H groups in total. The highest BCUT2D eigenvalue weighted by atomic mass is 127. The number of guanidine groups is 1. The van der Waals surface area contributed by atoms with Crippen LogP contribution in [0.2, 0.25) is 0 Å². The third-order valence-electron chi connectivity index (χ3n) is 4.44. The summed E-state index contributed by atoms with van der Waals surface area (Å²) in [5.74, 6) is 0.983. The largest absolute Gasteiger partial charge is 0.357 e. The molecule has 0 spiro atoms. The monoisotopic (exact) mass is 482 g/mol. The number of aromatic nitrogens is 2. The molecule has 0 aliphatic carbocycles. The molecule has 1 saturated heterocycles. The first-order valence-electron chi connectivity index (χ1n) is 9.05. The maximum absolute atomic E-state index is 11.8. The van der Waals surface area contributed by atoms with Crippen LogP contribution in [0.4, 0.5) is 5.69 Å². The van der Waals surface area contributed by atoms with Crippen molar-refractivity contribution in [2.24, 2.45) is 12.0 Å². The topological polar surface area (TPSA) is 74.6 Å². The molecule has 1 aliphatic heterocycles. The third kappa shape index (κ3) is 5.69. The average Bonchev–Trinajstić information content (AvgIpc) is 3.26. The van der Waals surface area contributed by atoms with Crippen LogP contribution in [-0.4, -0.2) is 34.7 Å². The van der Waals surface area contributed by atoms with Crippen molar-refractivity contribution >= 4 is 41.5 Å². The third-order valence-corrected chi connectivity index (χ3v) is 4.44. The fourth-order valence-corrected chi connectivity index (χ4v) is 2.96. The lowest BCUT2D eigenvalue weighted by atomic mass is 10.2. The Hall–Kier alpha value is -2.10. The smallest absolute Gasteiger partial charge is 0.227 e. The number of carbonyl (C=O) groups excluding carboxylic acids is 1. The Bertz CT molecular complexity index is 771. The maximum atomic E-state index is 11.8. The summed E-state index contributed by atoms with van der Waals surface area (Å²) < 4.78 is 1.84. The van der Waals surface area contributed by atoms with Crippen LogP contribution in [0.5, 0.6) is 0 Å². The molecule has 146 valence electrons. The second-order valence-electron chi connectivity index (χ2n) is 6.31. The standard InChI is InChI=1S/C19H26N6O.HI/c1-3-20-19(22-14-17-10-11-23-24(17)2)21-13-15-6-8-16(9-7-15)25-12-4-5-18(25)26;/h6-11H,3-5,12-14H2,1-2H3,(H2,20,21,22);1H. The number of rotatable bonds is 6. The van der Waals surface area contributed by atoms with Crippen molar-refractivity contribution in [2.45, 2.75) is 32.9 Å². The minimum absolute atomic E-state index is 0. The van der Waals surface area contributed by atoms with Crippen molar-refractivity contribution in [1.82, 2.24) is 20.4 Å². The molecule has 1 fully saturated rings. The molecule has 3 rings (SSSR count). The summed E-state index contributed by atoms with van der Waals surface area (Å²) in [6.07, 6.45) is 3.38. The van der Waals surface area contributed by atoms with Crippen molar-refractivity contribution in [3.63, 3.8) is 0 Å². The van der Waals surface area contributed by atoms with Crippen molar-refractivity contribution in [1.29, 1.82) is 0 Å². The van der Waals surface area contributed by atoms with E-state index in [1.807, 2.05) is 53.9 Å². The Morgan fingerprint density at radius 1 is 1.22 bits per heavy atom. The summed E-state index contributed by atoms with van der Waals surface area (Å²) in [6, 6.07) is 10.1. The van der Waals surface area contributed by atoms with E-state index in [-0.39, 0.29) is 29.9 Å². The predicted octanol–water partition coefficient (Wildman–Crippen LogP) is 2.42. The van der Waals surface area contributed by atoms with Crippen LogP contribution in [-0.2, 0) is 24.9 Å². The van der Waals surface area contributed by atoms with Gasteiger partial charge in [0.05, 0.1) is 18.8 Å². The number of carbonyl (C=O) groups is 1. The zero-order valence-electron chi connectivity index (χ0n) is 15.8. The van der Waals surface area contributed by atoms with Gasteiger partial charge in [-0.05, 0) is 37.1 Å². The molecule has 0 radical (unpaired) electrons. The Labute approximate surface area is 177 Å². The number of hydrogen-bond donors (Lipinski definition) is 2. The summed E-state index contributed by atoms with van der Waals surface area (Å²) in [7, 11) is 1.92. The van der Waals surface area contributed by atoms with Crippen LogP contribution in [0.25, 0.3) is 0 Å². The number of benzene rings is 1. The van der Waals surface area contributed by atoms with Gasteiger partial charge in [0.2, 0.25) is 5.91 Å². The normalized spacial score (nSPS) is 14.2. The molecule has 0 saturated carbocycles. The van der Waals surface area contributed by atoms with E-state index >= 15 is 0 Å². The molecule has 2 heterocycles. The lowest BCUT2D eigenvalue weighted by Crippen LogP contribution is -2.37. The van der Waals surface area contributed by atoms with Crippen LogP contribution in [0, 0.1) is 0 Å². The zero-order chi connectivity index (χ0) is 18.4. The molecule has 1 aromatic carbocycles. The highest BCUT2D eigenvalue weighted by Gasteiger charge is 2.21. The lowest BCUT2D eigenvalue weighted by Gasteiger charge is -2.16. The van der Waals surface area contributed by atoms with Crippen molar-refractivity contribution in [3.8, 4) is 0 Å². The van der Waals surface area contributed by atoms with Crippen molar-refractivity contribution in [2.75, 3.05) is 18.0 Å². The molecule has 0 unspecified atom stereocenters. The predicted molar refractivity (Wildman–Crippen MR) is 118 cm³/mol. The molecule has 7 nitrogen and oxygen atoms in total. The van der Waals surface area contributed by atoms with Gasteiger partial charge in [-0.2, -0.15) is 5.10 Å². The first-order chi connectivity index (χ1) is 12.7. The molecule has 2 aromatic rings. The molecule has 8 heteroatoms. The van der Waals surface area contributed by atoms with Gasteiger partial charge in [0, 0.05) is 38.4 Å². The Kier molecular flexibility index (Phi) is 8.08. The van der Waals surface area contributed by atoms with E-state index in [1.165, 1.54) is 0 Å². The fourth-order valence-electron chi connectivity index (χ4n) is 2.96. The van der Waals surface area contributed by atoms with Gasteiger partial charge in [0.1, 0.15) is 0 Å². The summed E-state index contributed by atoms with van der Waals surface area (Å²) in [5, 5.41) is 10.7. The number of nitrogens with one attached hydrogen (secondary N) is 2. The number of halogens is 1. The molecule has 0 bridgehead atoms. The summed E-state index contributed by atoms with van der Waals surface area (Å²) >= 11 is 0. The van der Waals surface area contributed by atoms with E-state index in [9.17, 15) is 4.79 Å². The van der Waals surface area contributed by atoms with E-state index in [0.717, 1.165) is 42.4 Å². The number of nitrogens with zero attached hydrogens (tertiary/aromatic N) is 4. The molecule has 0 atom stereocenters. The molecular formula is C19H27IN6O. The average molecular weight is 482 g/mol. The second kappa shape index (κ2) is 10.3. The summed E-state index contributed by atoms with van der Waals surface area (Å²) in [5.41, 5.74) is 3.18. The number of aliphatic imine (C=N–C) groups is 1. The van der Waals surface area contributed by atoms with Crippen LogP contribution < -0.4 is 15.5 Å². The zero-order valence-corrected chi connectivity index (χ0v) is 18.1. The number of amides is 1. The Morgan fingerprint density at radius 3 is 2.59 bits per heavy atom. The van der Waals surface area contributed by atoms with Gasteiger partial charge >= 0.3 is 0 Å². The van der Waals surface area contributed by atoms with E-state index in [4.69, 9.17) is 0 Å². The van der Waals surface area contributed by atoms with Crippen LogP contribution in [0.3, 0.4) is 0 Å². The number of hydrogen-bond acceptors (Lipinski definition) is 3. The highest BCUT2D eigenvalue weighted by molar-refractivity contribution is 14.0. The van der Waals surface area contributed by atoms with Crippen molar-refractivity contribution in [3.05, 3.63) is 47.8 Å². The van der Waals surface area contributed by atoms with Gasteiger partial charge < -0.3 is 15.5 Å². The summed E-state index contributed by atoms with van der Waals surface area (Å²) in [4.78, 5) is 18.3. The lowest BCUT2D eigenvalue weighted by molar-refractivity contribution is -0.117. The Balaban J connectivity index is 0.00000261. The van der Waals surface area contributed by atoms with Crippen molar-refractivity contribution < 1.29 is 4.79 Å². The van der Waals surface area contributed by atoms with E-state index in [1.54, 1.807) is 6.20 Å². The first kappa shape index (κ1) is 21.2. The van der Waals surface area contributed by atoms with Gasteiger partial charge in [0.25, 0.3) is 0 Å². The quantitative estimate of drug-likeness (QED) is 0.377. The van der Waals surface area contributed by atoms with E-state index in [2.05, 4.69) is 20.7 Å². The first-order valence-corrected chi connectivity index (χ1v) is 9.05. The van der Waals surface area contributed by atoms with Gasteiger partial charge in [-0.15, -0.1) is 24.0 Å². The van der Waals surface area contributed by atoms with Gasteiger partial charge in [-0.25, -0.2) is 4.99 Å². The SMILES string of the molecule is CCNC(=NCc1ccc(N2CCCC2=O)cc1)NCc1ccnn1C.I. The number of anilines is 1. The van der Waals surface area contributed by atoms with E-state index in [0.29, 0.717) is 19.5 Å². The highest BCUT2D eigenvalue weighted by Crippen LogP contribution is 2.21. The maximum Gasteiger partial charge on any atom is 0.227 e. The van der Waals surface area contributed by atoms with Gasteiger partial charge in [-0.1, -0.05) is 12.1 Å². The molecule has 1 aliphatic rings.